The number of anilines is 1. The molecule has 0 spiro atoms. The Hall–Kier alpha value is -4.55. The lowest BCUT2D eigenvalue weighted by molar-refractivity contribution is -0.115. The Morgan fingerprint density at radius 1 is 0.925 bits per heavy atom. The van der Waals surface area contributed by atoms with Crippen LogP contribution in [0.1, 0.15) is 5.56 Å². The number of carbonyl (C=O) groups excluding carboxylic acids is 1. The van der Waals surface area contributed by atoms with Crippen molar-refractivity contribution in [1.82, 2.24) is 14.7 Å². The van der Waals surface area contributed by atoms with Gasteiger partial charge >= 0.3 is 0 Å². The van der Waals surface area contributed by atoms with Gasteiger partial charge in [-0.2, -0.15) is 18.6 Å². The third kappa shape index (κ3) is 6.03. The van der Waals surface area contributed by atoms with Crippen molar-refractivity contribution in [2.75, 3.05) is 24.7 Å². The van der Waals surface area contributed by atoms with Gasteiger partial charge in [-0.15, -0.1) is 9.50 Å². The molecule has 0 aliphatic carbocycles. The fraction of sp³-hybridized carbons (Fsp3) is 0.107. The van der Waals surface area contributed by atoms with Gasteiger partial charge in [0.15, 0.2) is 5.17 Å². The molecule has 0 bridgehead atoms. The van der Waals surface area contributed by atoms with Crippen molar-refractivity contribution >= 4 is 51.1 Å². The number of hydrogen-bond donors (Lipinski definition) is 0. The molecule has 2 heterocycles. The average Bonchev–Trinajstić information content (AvgIpc) is 3.56. The monoisotopic (exact) mass is 571 g/mol. The first-order valence-electron chi connectivity index (χ1n) is 12.2. The maximum absolute atomic E-state index is 12.5. The van der Waals surface area contributed by atoms with E-state index in [1.165, 1.54) is 30.2 Å². The molecule has 40 heavy (non-hydrogen) atoms. The lowest BCUT2D eigenvalue weighted by atomic mass is 10.1. The molecule has 0 radical (unpaired) electrons. The molecule has 12 heteroatoms. The Balaban J connectivity index is 1.46. The van der Waals surface area contributed by atoms with Crippen molar-refractivity contribution in [1.29, 1.82) is 0 Å². The second-order valence-corrected chi connectivity index (χ2v) is 11.5. The molecule has 0 N–H and O–H groups in total. The Morgan fingerprint density at radius 3 is 2.27 bits per heavy atom. The molecule has 0 saturated carbocycles. The quantitative estimate of drug-likeness (QED) is 0.177. The summed E-state index contributed by atoms with van der Waals surface area (Å²) in [6.45, 7) is 0. The van der Waals surface area contributed by atoms with Crippen molar-refractivity contribution in [2.24, 2.45) is 14.6 Å². The summed E-state index contributed by atoms with van der Waals surface area (Å²) in [5.41, 5.74) is 3.65. The minimum atomic E-state index is -3.82. The number of rotatable bonds is 8. The number of thioether (sulfide) groups is 1. The van der Waals surface area contributed by atoms with Gasteiger partial charge in [0, 0.05) is 31.4 Å². The van der Waals surface area contributed by atoms with E-state index in [-0.39, 0.29) is 10.8 Å². The van der Waals surface area contributed by atoms with Crippen LogP contribution in [-0.4, -0.2) is 66.6 Å². The summed E-state index contributed by atoms with van der Waals surface area (Å²) in [6, 6.07) is 25.3. The van der Waals surface area contributed by atoms with Crippen LogP contribution in [0, 0.1) is 0 Å². The highest BCUT2D eigenvalue weighted by atomic mass is 32.2. The van der Waals surface area contributed by atoms with E-state index in [1.807, 2.05) is 60.7 Å². The Morgan fingerprint density at radius 2 is 1.60 bits per heavy atom. The van der Waals surface area contributed by atoms with Gasteiger partial charge in [-0.1, -0.05) is 60.3 Å². The predicted octanol–water partition coefficient (Wildman–Crippen LogP) is 4.29. The van der Waals surface area contributed by atoms with E-state index in [2.05, 4.69) is 14.6 Å². The van der Waals surface area contributed by atoms with Gasteiger partial charge in [0.1, 0.15) is 12.0 Å². The number of para-hydroxylation sites is 1. The van der Waals surface area contributed by atoms with Crippen molar-refractivity contribution in [3.63, 3.8) is 0 Å². The van der Waals surface area contributed by atoms with E-state index < -0.39 is 10.0 Å². The largest absolute Gasteiger partial charge is 0.368 e. The lowest BCUT2D eigenvalue weighted by Crippen LogP contribution is -2.28. The van der Waals surface area contributed by atoms with Crippen LogP contribution in [0.3, 0.4) is 0 Å². The molecular formula is C28H25N7O3S2. The maximum atomic E-state index is 12.5. The molecule has 10 nitrogen and oxygen atoms in total. The maximum Gasteiger partial charge on any atom is 0.283 e. The van der Waals surface area contributed by atoms with E-state index >= 15 is 0 Å². The lowest BCUT2D eigenvalue weighted by Gasteiger charge is -2.14. The zero-order chi connectivity index (χ0) is 28.1. The number of carbonyl (C=O) groups is 1. The molecule has 3 aromatic carbocycles. The van der Waals surface area contributed by atoms with Gasteiger partial charge in [0.2, 0.25) is 5.91 Å². The minimum Gasteiger partial charge on any atom is -0.368 e. The SMILES string of the molecule is CN(C)C=NS(=O)(=O)c1ccc(-n2cc(/C=N\N=C3/SCC(=O)N3c3ccccc3)c(-c3ccccc3)n2)cc1. The molecule has 0 atom stereocenters. The number of amides is 1. The number of aromatic nitrogens is 2. The second-order valence-electron chi connectivity index (χ2n) is 8.88. The average molecular weight is 572 g/mol. The molecule has 0 unspecified atom stereocenters. The van der Waals surface area contributed by atoms with Crippen LogP contribution in [0.2, 0.25) is 0 Å². The smallest absolute Gasteiger partial charge is 0.283 e. The first kappa shape index (κ1) is 27.0. The van der Waals surface area contributed by atoms with Crippen molar-refractivity contribution in [3.8, 4) is 16.9 Å². The van der Waals surface area contributed by atoms with Crippen LogP contribution in [0.5, 0.6) is 0 Å². The molecule has 202 valence electrons. The highest BCUT2D eigenvalue weighted by molar-refractivity contribution is 8.15. The fourth-order valence-electron chi connectivity index (χ4n) is 3.83. The van der Waals surface area contributed by atoms with E-state index in [0.717, 1.165) is 11.3 Å². The first-order valence-corrected chi connectivity index (χ1v) is 14.6. The number of nitrogens with zero attached hydrogens (tertiary/aromatic N) is 7. The summed E-state index contributed by atoms with van der Waals surface area (Å²) in [5.74, 6) is 0.239. The van der Waals surface area contributed by atoms with Gasteiger partial charge in [0.05, 0.1) is 28.2 Å². The van der Waals surface area contributed by atoms with E-state index in [1.54, 1.807) is 53.1 Å². The van der Waals surface area contributed by atoms with Crippen LogP contribution in [-0.2, 0) is 14.8 Å². The summed E-state index contributed by atoms with van der Waals surface area (Å²) in [6.07, 6.45) is 4.64. The van der Waals surface area contributed by atoms with Crippen LogP contribution in [0.25, 0.3) is 16.9 Å². The fourth-order valence-corrected chi connectivity index (χ4v) is 5.57. The number of sulfonamides is 1. The van der Waals surface area contributed by atoms with Gasteiger partial charge in [0.25, 0.3) is 10.0 Å². The van der Waals surface area contributed by atoms with Crippen LogP contribution in [0.15, 0.2) is 111 Å². The summed E-state index contributed by atoms with van der Waals surface area (Å²) in [5, 5.41) is 13.9. The highest BCUT2D eigenvalue weighted by Gasteiger charge is 2.29. The van der Waals surface area contributed by atoms with Gasteiger partial charge < -0.3 is 4.90 Å². The summed E-state index contributed by atoms with van der Waals surface area (Å²) in [7, 11) is -0.423. The van der Waals surface area contributed by atoms with Crippen LogP contribution in [0.4, 0.5) is 5.69 Å². The van der Waals surface area contributed by atoms with Gasteiger partial charge in [-0.05, 0) is 36.4 Å². The molecule has 5 rings (SSSR count). The van der Waals surface area contributed by atoms with Crippen molar-refractivity contribution in [2.45, 2.75) is 4.90 Å². The number of hydrogen-bond acceptors (Lipinski definition) is 7. The minimum absolute atomic E-state index is 0.0548. The third-order valence-electron chi connectivity index (χ3n) is 5.73. The molecule has 1 aliphatic heterocycles. The van der Waals surface area contributed by atoms with Gasteiger partial charge in [-0.3, -0.25) is 9.69 Å². The summed E-state index contributed by atoms with van der Waals surface area (Å²) >= 11 is 1.33. The molecule has 1 aliphatic rings. The topological polar surface area (TPSA) is 113 Å². The van der Waals surface area contributed by atoms with E-state index in [9.17, 15) is 13.2 Å². The van der Waals surface area contributed by atoms with E-state index in [0.29, 0.717) is 27.9 Å². The molecule has 1 aromatic heterocycles. The van der Waals surface area contributed by atoms with Crippen molar-refractivity contribution < 1.29 is 13.2 Å². The molecular weight excluding hydrogens is 546 g/mol. The number of benzene rings is 3. The first-order chi connectivity index (χ1) is 19.3. The second kappa shape index (κ2) is 11.7. The zero-order valence-corrected chi connectivity index (χ0v) is 23.3. The Labute approximate surface area is 236 Å². The molecule has 1 fully saturated rings. The molecule has 4 aromatic rings. The zero-order valence-electron chi connectivity index (χ0n) is 21.7. The van der Waals surface area contributed by atoms with Gasteiger partial charge in [-0.25, -0.2) is 4.68 Å². The molecule has 1 saturated heterocycles. The normalized spacial score (nSPS) is 15.1. The van der Waals surface area contributed by atoms with E-state index in [4.69, 9.17) is 5.10 Å². The Bertz CT molecular complexity index is 1700. The standard InChI is InChI=1S/C28H25N7O3S2/c1-33(2)20-30-40(37,38)25-15-13-23(14-16-25)34-18-22(27(32-34)21-9-5-3-6-10-21)17-29-31-28-35(26(36)19-39-28)24-11-7-4-8-12-24/h3-18,20H,19H2,1-2H3/b29-17-,30-20?,31-28-. The van der Waals surface area contributed by atoms with Crippen LogP contribution < -0.4 is 4.90 Å². The summed E-state index contributed by atoms with van der Waals surface area (Å²) < 4.78 is 30.3. The highest BCUT2D eigenvalue weighted by Crippen LogP contribution is 2.27. The number of amidine groups is 1. The predicted molar refractivity (Wildman–Crippen MR) is 160 cm³/mol. The Kier molecular flexibility index (Phi) is 7.89. The van der Waals surface area contributed by atoms with Crippen LogP contribution >= 0.6 is 11.8 Å². The van der Waals surface area contributed by atoms with Crippen molar-refractivity contribution in [3.05, 3.63) is 96.7 Å². The molecule has 1 amide bonds. The third-order valence-corrected chi connectivity index (χ3v) is 7.88. The summed E-state index contributed by atoms with van der Waals surface area (Å²) in [4.78, 5) is 15.7.